The number of rotatable bonds is 6. The summed E-state index contributed by atoms with van der Waals surface area (Å²) in [6.45, 7) is 5.55. The fraction of sp³-hybridized carbons (Fsp3) is 0.400. The van der Waals surface area contributed by atoms with E-state index in [-0.39, 0.29) is 18.6 Å². The lowest BCUT2D eigenvalue weighted by molar-refractivity contribution is -0.124. The van der Waals surface area contributed by atoms with Crippen LogP contribution in [0.4, 0.5) is 0 Å². The number of aromatic nitrogens is 1. The van der Waals surface area contributed by atoms with E-state index >= 15 is 0 Å². The molecule has 1 atom stereocenters. The third-order valence-corrected chi connectivity index (χ3v) is 4.63. The molecule has 0 radical (unpaired) electrons. The summed E-state index contributed by atoms with van der Waals surface area (Å²) in [6, 6.07) is 11.9. The minimum Gasteiger partial charge on any atom is -0.452 e. The second kappa shape index (κ2) is 7.13. The van der Waals surface area contributed by atoms with Crippen molar-refractivity contribution < 1.29 is 14.3 Å². The Balaban J connectivity index is 1.55. The number of carbonyl (C=O) groups excluding carboxylic acids is 2. The highest BCUT2D eigenvalue weighted by Gasteiger charge is 2.28. The van der Waals surface area contributed by atoms with Gasteiger partial charge in [0.15, 0.2) is 6.61 Å². The summed E-state index contributed by atoms with van der Waals surface area (Å²) in [6.07, 6.45) is 2.31. The van der Waals surface area contributed by atoms with E-state index in [9.17, 15) is 9.59 Å². The number of benzene rings is 1. The number of nitrogens with one attached hydrogen (secondary N) is 1. The van der Waals surface area contributed by atoms with Crippen LogP contribution in [0.2, 0.25) is 0 Å². The average Bonchev–Trinajstić information content (AvgIpc) is 3.38. The maximum atomic E-state index is 12.3. The van der Waals surface area contributed by atoms with Crippen LogP contribution in [-0.2, 0) is 9.53 Å². The molecule has 1 aliphatic carbocycles. The van der Waals surface area contributed by atoms with Crippen molar-refractivity contribution in [2.75, 3.05) is 6.61 Å². The summed E-state index contributed by atoms with van der Waals surface area (Å²) in [5.41, 5.74) is 3.54. The largest absolute Gasteiger partial charge is 0.452 e. The highest BCUT2D eigenvalue weighted by Crippen LogP contribution is 2.38. The molecule has 1 aromatic heterocycles. The van der Waals surface area contributed by atoms with E-state index < -0.39 is 5.97 Å². The lowest BCUT2D eigenvalue weighted by Gasteiger charge is -2.14. The van der Waals surface area contributed by atoms with Crippen LogP contribution >= 0.6 is 0 Å². The van der Waals surface area contributed by atoms with Crippen molar-refractivity contribution >= 4 is 11.9 Å². The van der Waals surface area contributed by atoms with Crippen molar-refractivity contribution in [1.29, 1.82) is 0 Å². The number of hydrogen-bond donors (Lipinski definition) is 1. The first-order valence-electron chi connectivity index (χ1n) is 8.67. The van der Waals surface area contributed by atoms with Gasteiger partial charge in [0.25, 0.3) is 5.91 Å². The number of ether oxygens (including phenoxy) is 1. The molecule has 0 saturated heterocycles. The number of carbonyl (C=O) groups is 2. The zero-order valence-corrected chi connectivity index (χ0v) is 14.9. The number of nitrogens with zero attached hydrogens (tertiary/aromatic N) is 1. The Morgan fingerprint density at radius 1 is 1.24 bits per heavy atom. The van der Waals surface area contributed by atoms with E-state index in [1.807, 2.05) is 57.2 Å². The number of aryl methyl sites for hydroxylation is 1. The van der Waals surface area contributed by atoms with Crippen molar-refractivity contribution in [3.8, 4) is 0 Å². The van der Waals surface area contributed by atoms with Crippen LogP contribution in [0.25, 0.3) is 0 Å². The fourth-order valence-corrected chi connectivity index (χ4v) is 3.20. The predicted octanol–water partition coefficient (Wildman–Crippen LogP) is 3.47. The third-order valence-electron chi connectivity index (χ3n) is 4.63. The Morgan fingerprint density at radius 3 is 2.56 bits per heavy atom. The lowest BCUT2D eigenvalue weighted by Crippen LogP contribution is -2.31. The third kappa shape index (κ3) is 3.92. The number of hydrogen-bond acceptors (Lipinski definition) is 3. The Bertz CT molecular complexity index is 776. The quantitative estimate of drug-likeness (QED) is 0.819. The van der Waals surface area contributed by atoms with E-state index in [1.165, 1.54) is 0 Å². The molecular formula is C20H24N2O3. The van der Waals surface area contributed by atoms with Gasteiger partial charge in [-0.3, -0.25) is 4.79 Å². The first kappa shape index (κ1) is 17.3. The van der Waals surface area contributed by atoms with Crippen LogP contribution in [-0.4, -0.2) is 23.1 Å². The molecule has 1 saturated carbocycles. The molecule has 132 valence electrons. The van der Waals surface area contributed by atoms with E-state index in [4.69, 9.17) is 4.74 Å². The molecule has 5 nitrogen and oxygen atoms in total. The van der Waals surface area contributed by atoms with Crippen molar-refractivity contribution in [2.24, 2.45) is 0 Å². The van der Waals surface area contributed by atoms with Crippen molar-refractivity contribution in [3.63, 3.8) is 0 Å². The maximum Gasteiger partial charge on any atom is 0.340 e. The molecule has 0 bridgehead atoms. The molecule has 1 aliphatic rings. The van der Waals surface area contributed by atoms with Crippen LogP contribution in [0, 0.1) is 13.8 Å². The topological polar surface area (TPSA) is 60.3 Å². The van der Waals surface area contributed by atoms with Gasteiger partial charge in [0.05, 0.1) is 11.6 Å². The second-order valence-electron chi connectivity index (χ2n) is 6.66. The van der Waals surface area contributed by atoms with Crippen LogP contribution in [0.1, 0.15) is 59.2 Å². The van der Waals surface area contributed by atoms with Crippen LogP contribution in [0.5, 0.6) is 0 Å². The molecule has 1 aromatic carbocycles. The van der Waals surface area contributed by atoms with Gasteiger partial charge in [0.2, 0.25) is 0 Å². The molecule has 2 aromatic rings. The zero-order chi connectivity index (χ0) is 18.0. The number of amides is 1. The molecule has 1 N–H and O–H groups in total. The van der Waals surface area contributed by atoms with E-state index in [0.29, 0.717) is 11.6 Å². The van der Waals surface area contributed by atoms with Gasteiger partial charge in [-0.1, -0.05) is 30.3 Å². The molecule has 5 heteroatoms. The smallest absolute Gasteiger partial charge is 0.340 e. The van der Waals surface area contributed by atoms with Gasteiger partial charge in [0.1, 0.15) is 0 Å². The van der Waals surface area contributed by atoms with Gasteiger partial charge in [-0.25, -0.2) is 4.79 Å². The van der Waals surface area contributed by atoms with Gasteiger partial charge in [-0.2, -0.15) is 0 Å². The summed E-state index contributed by atoms with van der Waals surface area (Å²) in [4.78, 5) is 24.4. The van der Waals surface area contributed by atoms with E-state index in [0.717, 1.165) is 29.8 Å². The predicted molar refractivity (Wildman–Crippen MR) is 95.5 cm³/mol. The summed E-state index contributed by atoms with van der Waals surface area (Å²) >= 11 is 0. The highest BCUT2D eigenvalue weighted by molar-refractivity contribution is 5.92. The normalized spacial score (nSPS) is 14.8. The summed E-state index contributed by atoms with van der Waals surface area (Å²) in [7, 11) is 0. The number of esters is 1. The van der Waals surface area contributed by atoms with Crippen molar-refractivity contribution in [1.82, 2.24) is 9.88 Å². The first-order chi connectivity index (χ1) is 12.0. The Labute approximate surface area is 148 Å². The average molecular weight is 340 g/mol. The van der Waals surface area contributed by atoms with Crippen LogP contribution < -0.4 is 5.32 Å². The monoisotopic (exact) mass is 340 g/mol. The summed E-state index contributed by atoms with van der Waals surface area (Å²) in [5.74, 6) is -0.747. The first-order valence-corrected chi connectivity index (χ1v) is 8.67. The second-order valence-corrected chi connectivity index (χ2v) is 6.66. The van der Waals surface area contributed by atoms with Gasteiger partial charge in [-0.05, 0) is 45.2 Å². The molecular weight excluding hydrogens is 316 g/mol. The zero-order valence-electron chi connectivity index (χ0n) is 14.9. The Kier molecular flexibility index (Phi) is 4.93. The molecule has 0 unspecified atom stereocenters. The minimum absolute atomic E-state index is 0.132. The Hall–Kier alpha value is -2.56. The summed E-state index contributed by atoms with van der Waals surface area (Å²) in [5, 5.41) is 2.84. The molecule has 1 amide bonds. The van der Waals surface area contributed by atoms with Crippen LogP contribution in [0.15, 0.2) is 36.4 Å². The molecule has 1 heterocycles. The van der Waals surface area contributed by atoms with Gasteiger partial charge < -0.3 is 14.6 Å². The van der Waals surface area contributed by atoms with Crippen molar-refractivity contribution in [2.45, 2.75) is 45.7 Å². The van der Waals surface area contributed by atoms with Gasteiger partial charge in [-0.15, -0.1) is 0 Å². The Morgan fingerprint density at radius 2 is 1.92 bits per heavy atom. The maximum absolute atomic E-state index is 12.3. The minimum atomic E-state index is -0.442. The standard InChI is InChI=1S/C20H24N2O3/c1-13-11-18(15(3)22(13)17-9-10-17)20(24)25-12-19(23)21-14(2)16-7-5-4-6-8-16/h4-8,11,14,17H,9-10,12H2,1-3H3,(H,21,23)/t14-/m1/s1. The van der Waals surface area contributed by atoms with E-state index in [1.54, 1.807) is 0 Å². The van der Waals surface area contributed by atoms with E-state index in [2.05, 4.69) is 9.88 Å². The van der Waals surface area contributed by atoms with Crippen LogP contribution in [0.3, 0.4) is 0 Å². The molecule has 1 fully saturated rings. The van der Waals surface area contributed by atoms with Crippen molar-refractivity contribution in [3.05, 3.63) is 58.9 Å². The van der Waals surface area contributed by atoms with Gasteiger partial charge >= 0.3 is 5.97 Å². The molecule has 3 rings (SSSR count). The molecule has 0 spiro atoms. The molecule has 25 heavy (non-hydrogen) atoms. The fourth-order valence-electron chi connectivity index (χ4n) is 3.20. The summed E-state index contributed by atoms with van der Waals surface area (Å²) < 4.78 is 7.40. The highest BCUT2D eigenvalue weighted by atomic mass is 16.5. The lowest BCUT2D eigenvalue weighted by atomic mass is 10.1. The SMILES string of the molecule is Cc1cc(C(=O)OCC(=O)N[C@H](C)c2ccccc2)c(C)n1C1CC1. The van der Waals surface area contributed by atoms with Gasteiger partial charge in [0, 0.05) is 17.4 Å². The molecule has 0 aliphatic heterocycles.